The number of hydrogen-bond donors (Lipinski definition) is 2. The number of hydrogen-bond acceptors (Lipinski definition) is 3. The van der Waals surface area contributed by atoms with E-state index in [4.69, 9.17) is 5.14 Å². The zero-order valence-corrected chi connectivity index (χ0v) is 12.6. The van der Waals surface area contributed by atoms with Crippen molar-refractivity contribution in [3.8, 4) is 0 Å². The van der Waals surface area contributed by atoms with Crippen molar-refractivity contribution in [3.63, 3.8) is 0 Å². The minimum atomic E-state index is -3.69. The van der Waals surface area contributed by atoms with Crippen LogP contribution in [0.15, 0.2) is 47.4 Å². The topological polar surface area (TPSA) is 72.2 Å². The van der Waals surface area contributed by atoms with Crippen LogP contribution < -0.4 is 10.5 Å². The highest BCUT2D eigenvalue weighted by molar-refractivity contribution is 7.89. The zero-order valence-electron chi connectivity index (χ0n) is 11.8. The van der Waals surface area contributed by atoms with Crippen LogP contribution in [0.4, 0.5) is 10.1 Å². The van der Waals surface area contributed by atoms with E-state index in [2.05, 4.69) is 5.32 Å². The Morgan fingerprint density at radius 2 is 1.76 bits per heavy atom. The summed E-state index contributed by atoms with van der Waals surface area (Å²) in [4.78, 5) is 0.0698. The van der Waals surface area contributed by atoms with E-state index in [-0.39, 0.29) is 16.8 Å². The predicted molar refractivity (Wildman–Crippen MR) is 81.0 cm³/mol. The summed E-state index contributed by atoms with van der Waals surface area (Å²) in [6.45, 7) is 3.80. The summed E-state index contributed by atoms with van der Waals surface area (Å²) in [6.07, 6.45) is 0. The Kier molecular flexibility index (Phi) is 4.29. The molecule has 0 bridgehead atoms. The molecule has 0 amide bonds. The van der Waals surface area contributed by atoms with Crippen LogP contribution in [-0.4, -0.2) is 8.42 Å². The molecule has 0 spiro atoms. The quantitative estimate of drug-likeness (QED) is 0.912. The first kappa shape index (κ1) is 15.5. The van der Waals surface area contributed by atoms with Crippen LogP contribution in [0.5, 0.6) is 0 Å². The molecular formula is C15H17FN2O2S. The van der Waals surface area contributed by atoms with E-state index in [0.29, 0.717) is 5.69 Å². The molecule has 1 atom stereocenters. The number of primary sulfonamides is 1. The van der Waals surface area contributed by atoms with Gasteiger partial charge in [-0.1, -0.05) is 18.2 Å². The van der Waals surface area contributed by atoms with Gasteiger partial charge in [-0.2, -0.15) is 0 Å². The Hall–Kier alpha value is -1.92. The van der Waals surface area contributed by atoms with Crippen LogP contribution in [0.3, 0.4) is 0 Å². The van der Waals surface area contributed by atoms with Gasteiger partial charge in [-0.25, -0.2) is 17.9 Å². The molecule has 0 fully saturated rings. The molecule has 21 heavy (non-hydrogen) atoms. The number of halogens is 1. The third kappa shape index (κ3) is 3.80. The summed E-state index contributed by atoms with van der Waals surface area (Å²) in [6, 6.07) is 10.7. The summed E-state index contributed by atoms with van der Waals surface area (Å²) in [5, 5.41) is 8.26. The molecule has 1 unspecified atom stereocenters. The molecule has 0 heterocycles. The molecular weight excluding hydrogens is 291 g/mol. The minimum Gasteiger partial charge on any atom is -0.378 e. The van der Waals surface area contributed by atoms with Crippen molar-refractivity contribution in [2.24, 2.45) is 5.14 Å². The van der Waals surface area contributed by atoms with E-state index in [0.717, 1.165) is 11.1 Å². The Bertz CT molecular complexity index is 743. The number of nitrogens with one attached hydrogen (secondary N) is 1. The van der Waals surface area contributed by atoms with E-state index >= 15 is 0 Å². The summed E-state index contributed by atoms with van der Waals surface area (Å²) >= 11 is 0. The number of sulfonamides is 1. The van der Waals surface area contributed by atoms with Crippen LogP contribution in [0.1, 0.15) is 24.1 Å². The fourth-order valence-electron chi connectivity index (χ4n) is 2.01. The van der Waals surface area contributed by atoms with Gasteiger partial charge in [-0.05, 0) is 49.2 Å². The summed E-state index contributed by atoms with van der Waals surface area (Å²) in [7, 11) is -3.69. The maximum absolute atomic E-state index is 13.3. The second kappa shape index (κ2) is 5.83. The van der Waals surface area contributed by atoms with Gasteiger partial charge in [0, 0.05) is 11.7 Å². The van der Waals surface area contributed by atoms with Crippen LogP contribution in [0.25, 0.3) is 0 Å². The lowest BCUT2D eigenvalue weighted by molar-refractivity contribution is 0.597. The monoisotopic (exact) mass is 308 g/mol. The molecule has 2 aromatic carbocycles. The molecule has 112 valence electrons. The van der Waals surface area contributed by atoms with Crippen molar-refractivity contribution >= 4 is 15.7 Å². The van der Waals surface area contributed by atoms with Gasteiger partial charge >= 0.3 is 0 Å². The molecule has 2 rings (SSSR count). The fourth-order valence-corrected chi connectivity index (χ4v) is 2.53. The first-order valence-corrected chi connectivity index (χ1v) is 7.97. The van der Waals surface area contributed by atoms with Gasteiger partial charge < -0.3 is 5.32 Å². The predicted octanol–water partition coefficient (Wildman–Crippen LogP) is 2.95. The van der Waals surface area contributed by atoms with Crippen molar-refractivity contribution in [1.29, 1.82) is 0 Å². The van der Waals surface area contributed by atoms with E-state index in [1.807, 2.05) is 13.8 Å². The van der Waals surface area contributed by atoms with Gasteiger partial charge in [0.15, 0.2) is 0 Å². The highest BCUT2D eigenvalue weighted by atomic mass is 32.2. The second-order valence-electron chi connectivity index (χ2n) is 4.94. The lowest BCUT2D eigenvalue weighted by Crippen LogP contribution is -2.13. The molecule has 0 radical (unpaired) electrons. The lowest BCUT2D eigenvalue weighted by Gasteiger charge is -2.17. The highest BCUT2D eigenvalue weighted by Gasteiger charge is 2.11. The van der Waals surface area contributed by atoms with Crippen molar-refractivity contribution in [2.45, 2.75) is 24.8 Å². The average Bonchev–Trinajstić information content (AvgIpc) is 2.42. The maximum Gasteiger partial charge on any atom is 0.238 e. The molecule has 0 saturated carbocycles. The van der Waals surface area contributed by atoms with Crippen LogP contribution in [0, 0.1) is 12.7 Å². The molecule has 0 aliphatic rings. The van der Waals surface area contributed by atoms with Crippen LogP contribution in [-0.2, 0) is 10.0 Å². The molecule has 0 aliphatic heterocycles. The molecule has 3 N–H and O–H groups in total. The first-order valence-electron chi connectivity index (χ1n) is 6.43. The summed E-state index contributed by atoms with van der Waals surface area (Å²) in [5.41, 5.74) is 2.52. The maximum atomic E-state index is 13.3. The normalized spacial score (nSPS) is 13.0. The standard InChI is InChI=1S/C15H17FN2O2S/c1-10-3-6-13(16)9-15(10)18-11(2)12-4-7-14(8-5-12)21(17,19)20/h3-9,11,18H,1-2H3,(H2,17,19,20). The number of anilines is 1. The van der Waals surface area contributed by atoms with E-state index in [1.165, 1.54) is 24.3 Å². The van der Waals surface area contributed by atoms with Crippen LogP contribution >= 0.6 is 0 Å². The average molecular weight is 308 g/mol. The fraction of sp³-hybridized carbons (Fsp3) is 0.200. The largest absolute Gasteiger partial charge is 0.378 e. The first-order chi connectivity index (χ1) is 9.77. The van der Waals surface area contributed by atoms with Gasteiger partial charge in [-0.3, -0.25) is 0 Å². The SMILES string of the molecule is Cc1ccc(F)cc1NC(C)c1ccc(S(N)(=O)=O)cc1. The Labute approximate surface area is 123 Å². The van der Waals surface area contributed by atoms with Gasteiger partial charge in [0.1, 0.15) is 5.82 Å². The van der Waals surface area contributed by atoms with Crippen LogP contribution in [0.2, 0.25) is 0 Å². The molecule has 0 aliphatic carbocycles. The molecule has 0 saturated heterocycles. The molecule has 6 heteroatoms. The number of rotatable bonds is 4. The molecule has 0 aromatic heterocycles. The Morgan fingerprint density at radius 3 is 2.33 bits per heavy atom. The van der Waals surface area contributed by atoms with Crippen molar-refractivity contribution < 1.29 is 12.8 Å². The van der Waals surface area contributed by atoms with Gasteiger partial charge in [0.25, 0.3) is 0 Å². The third-order valence-electron chi connectivity index (χ3n) is 3.28. The number of nitrogens with two attached hydrogens (primary N) is 1. The summed E-state index contributed by atoms with van der Waals surface area (Å²) in [5.74, 6) is -0.306. The lowest BCUT2D eigenvalue weighted by atomic mass is 10.1. The second-order valence-corrected chi connectivity index (χ2v) is 6.50. The number of aryl methyl sites for hydroxylation is 1. The van der Waals surface area contributed by atoms with Crippen molar-refractivity contribution in [1.82, 2.24) is 0 Å². The highest BCUT2D eigenvalue weighted by Crippen LogP contribution is 2.23. The van der Waals surface area contributed by atoms with Crippen molar-refractivity contribution in [2.75, 3.05) is 5.32 Å². The van der Waals surface area contributed by atoms with Gasteiger partial charge in [0.05, 0.1) is 4.90 Å². The zero-order chi connectivity index (χ0) is 15.6. The van der Waals surface area contributed by atoms with E-state index in [9.17, 15) is 12.8 Å². The van der Waals surface area contributed by atoms with Crippen molar-refractivity contribution in [3.05, 3.63) is 59.4 Å². The smallest absolute Gasteiger partial charge is 0.238 e. The van der Waals surface area contributed by atoms with E-state index < -0.39 is 10.0 Å². The molecule has 4 nitrogen and oxygen atoms in total. The van der Waals surface area contributed by atoms with Gasteiger partial charge in [0.2, 0.25) is 10.0 Å². The summed E-state index contributed by atoms with van der Waals surface area (Å²) < 4.78 is 35.7. The molecule has 2 aromatic rings. The Balaban J connectivity index is 2.20. The number of benzene rings is 2. The van der Waals surface area contributed by atoms with E-state index in [1.54, 1.807) is 18.2 Å². The third-order valence-corrected chi connectivity index (χ3v) is 4.21. The Morgan fingerprint density at radius 1 is 1.14 bits per heavy atom. The van der Waals surface area contributed by atoms with Gasteiger partial charge in [-0.15, -0.1) is 0 Å². The minimum absolute atomic E-state index is 0.0698.